The van der Waals surface area contributed by atoms with Gasteiger partial charge >= 0.3 is 0 Å². The lowest BCUT2D eigenvalue weighted by atomic mass is 10.1. The van der Waals surface area contributed by atoms with E-state index in [4.69, 9.17) is 0 Å². The average Bonchev–Trinajstić information content (AvgIpc) is 2.69. The molecule has 0 aromatic heterocycles. The quantitative estimate of drug-likeness (QED) is 0.656. The average molecular weight is 225 g/mol. The lowest BCUT2D eigenvalue weighted by Gasteiger charge is -2.14. The summed E-state index contributed by atoms with van der Waals surface area (Å²) >= 11 is 0. The van der Waals surface area contributed by atoms with Crippen LogP contribution in [0.1, 0.15) is 45.4 Å². The number of ketones is 2. The molecule has 0 N–H and O–H groups in total. The van der Waals surface area contributed by atoms with Crippen LogP contribution in [0.4, 0.5) is 0 Å². The fraction of sp³-hybridized carbons (Fsp3) is 0.750. The van der Waals surface area contributed by atoms with E-state index in [2.05, 4.69) is 0 Å². The fourth-order valence-electron chi connectivity index (χ4n) is 1.78. The SMILES string of the molecule is CCC(=O)CCC(=O)CCN1CCCC1=O. The molecule has 0 saturated carbocycles. The normalized spacial score (nSPS) is 15.6. The smallest absolute Gasteiger partial charge is 0.222 e. The molecule has 0 aliphatic carbocycles. The molecule has 1 fully saturated rings. The molecule has 90 valence electrons. The second-order valence-corrected chi connectivity index (χ2v) is 4.17. The van der Waals surface area contributed by atoms with Crippen LogP contribution >= 0.6 is 0 Å². The maximum atomic E-state index is 11.4. The van der Waals surface area contributed by atoms with Gasteiger partial charge in [0.05, 0.1) is 0 Å². The molecule has 1 aliphatic rings. The molecule has 0 unspecified atom stereocenters. The predicted octanol–water partition coefficient (Wildman–Crippen LogP) is 1.33. The van der Waals surface area contributed by atoms with Crippen LogP contribution in [0.5, 0.6) is 0 Å². The standard InChI is InChI=1S/C12H19NO3/c1-2-10(14)5-6-11(15)7-9-13-8-3-4-12(13)16/h2-9H2,1H3. The van der Waals surface area contributed by atoms with Gasteiger partial charge in [0.2, 0.25) is 5.91 Å². The Labute approximate surface area is 96.0 Å². The van der Waals surface area contributed by atoms with E-state index >= 15 is 0 Å². The van der Waals surface area contributed by atoms with Crippen molar-refractivity contribution in [3.05, 3.63) is 0 Å². The van der Waals surface area contributed by atoms with Gasteiger partial charge in [0.15, 0.2) is 0 Å². The first-order valence-corrected chi connectivity index (χ1v) is 5.94. The van der Waals surface area contributed by atoms with Gasteiger partial charge in [0.1, 0.15) is 11.6 Å². The molecule has 1 amide bonds. The number of Topliss-reactive ketones (excluding diaryl/α,β-unsaturated/α-hetero) is 2. The van der Waals surface area contributed by atoms with Gasteiger partial charge in [-0.3, -0.25) is 14.4 Å². The summed E-state index contributed by atoms with van der Waals surface area (Å²) in [6.45, 7) is 3.10. The second-order valence-electron chi connectivity index (χ2n) is 4.17. The molecule has 0 spiro atoms. The summed E-state index contributed by atoms with van der Waals surface area (Å²) in [6, 6.07) is 0. The van der Waals surface area contributed by atoms with Crippen molar-refractivity contribution in [2.75, 3.05) is 13.1 Å². The Hall–Kier alpha value is -1.19. The highest BCUT2D eigenvalue weighted by atomic mass is 16.2. The minimum atomic E-state index is 0.0847. The number of carbonyl (C=O) groups is 3. The van der Waals surface area contributed by atoms with E-state index in [9.17, 15) is 14.4 Å². The van der Waals surface area contributed by atoms with Crippen molar-refractivity contribution in [1.82, 2.24) is 4.90 Å². The Balaban J connectivity index is 2.15. The van der Waals surface area contributed by atoms with E-state index in [-0.39, 0.29) is 17.5 Å². The molecule has 1 heterocycles. The van der Waals surface area contributed by atoms with Gasteiger partial charge in [-0.25, -0.2) is 0 Å². The second kappa shape index (κ2) is 6.40. The highest BCUT2D eigenvalue weighted by molar-refractivity contribution is 5.86. The Bertz CT molecular complexity index is 286. The third kappa shape index (κ3) is 4.13. The number of hydrogen-bond acceptors (Lipinski definition) is 3. The Morgan fingerprint density at radius 1 is 1.19 bits per heavy atom. The monoisotopic (exact) mass is 225 g/mol. The van der Waals surface area contributed by atoms with E-state index in [1.54, 1.807) is 11.8 Å². The van der Waals surface area contributed by atoms with Crippen LogP contribution in [0.15, 0.2) is 0 Å². The minimum absolute atomic E-state index is 0.0847. The topological polar surface area (TPSA) is 54.5 Å². The number of carbonyl (C=O) groups excluding carboxylic acids is 3. The van der Waals surface area contributed by atoms with Crippen molar-refractivity contribution in [2.45, 2.75) is 45.4 Å². The third-order valence-corrected chi connectivity index (χ3v) is 2.91. The molecule has 0 atom stereocenters. The van der Waals surface area contributed by atoms with E-state index in [0.29, 0.717) is 38.6 Å². The zero-order valence-corrected chi connectivity index (χ0v) is 9.83. The number of amides is 1. The number of rotatable bonds is 7. The molecule has 0 aromatic carbocycles. The largest absolute Gasteiger partial charge is 0.342 e. The molecule has 0 bridgehead atoms. The molecule has 1 rings (SSSR count). The number of likely N-dealkylation sites (tertiary alicyclic amines) is 1. The third-order valence-electron chi connectivity index (χ3n) is 2.91. The molecule has 0 radical (unpaired) electrons. The predicted molar refractivity (Wildman–Crippen MR) is 60.0 cm³/mol. The maximum absolute atomic E-state index is 11.4. The summed E-state index contributed by atoms with van der Waals surface area (Å²) in [5, 5.41) is 0. The zero-order chi connectivity index (χ0) is 12.0. The first-order chi connectivity index (χ1) is 7.63. The van der Waals surface area contributed by atoms with Crippen LogP contribution in [0.2, 0.25) is 0 Å². The summed E-state index contributed by atoms with van der Waals surface area (Å²) in [4.78, 5) is 35.4. The van der Waals surface area contributed by atoms with Gasteiger partial charge in [0, 0.05) is 45.2 Å². The van der Waals surface area contributed by atoms with E-state index in [0.717, 1.165) is 13.0 Å². The molecule has 16 heavy (non-hydrogen) atoms. The first-order valence-electron chi connectivity index (χ1n) is 5.94. The van der Waals surface area contributed by atoms with E-state index < -0.39 is 0 Å². The summed E-state index contributed by atoms with van der Waals surface area (Å²) in [6.07, 6.45) is 3.09. The lowest BCUT2D eigenvalue weighted by Crippen LogP contribution is -2.27. The van der Waals surface area contributed by atoms with Crippen LogP contribution in [0, 0.1) is 0 Å². The highest BCUT2D eigenvalue weighted by Crippen LogP contribution is 2.10. The van der Waals surface area contributed by atoms with E-state index in [1.807, 2.05) is 0 Å². The van der Waals surface area contributed by atoms with Crippen molar-refractivity contribution in [2.24, 2.45) is 0 Å². The highest BCUT2D eigenvalue weighted by Gasteiger charge is 2.20. The summed E-state index contributed by atoms with van der Waals surface area (Å²) in [5.41, 5.74) is 0. The molecular weight excluding hydrogens is 206 g/mol. The van der Waals surface area contributed by atoms with E-state index in [1.165, 1.54) is 0 Å². The van der Waals surface area contributed by atoms with Gasteiger partial charge in [-0.1, -0.05) is 6.92 Å². The van der Waals surface area contributed by atoms with Crippen molar-refractivity contribution >= 4 is 17.5 Å². The Kier molecular flexibility index (Phi) is 5.15. The molecule has 1 saturated heterocycles. The van der Waals surface area contributed by atoms with Crippen LogP contribution in [0.3, 0.4) is 0 Å². The van der Waals surface area contributed by atoms with Gasteiger partial charge in [-0.2, -0.15) is 0 Å². The van der Waals surface area contributed by atoms with Crippen molar-refractivity contribution in [1.29, 1.82) is 0 Å². The van der Waals surface area contributed by atoms with Gasteiger partial charge in [-0.15, -0.1) is 0 Å². The zero-order valence-electron chi connectivity index (χ0n) is 9.83. The van der Waals surface area contributed by atoms with Crippen molar-refractivity contribution < 1.29 is 14.4 Å². The fourth-order valence-corrected chi connectivity index (χ4v) is 1.78. The summed E-state index contributed by atoms with van der Waals surface area (Å²) in [7, 11) is 0. The van der Waals surface area contributed by atoms with Crippen LogP contribution in [-0.4, -0.2) is 35.5 Å². The molecule has 4 heteroatoms. The first kappa shape index (κ1) is 12.9. The molecule has 0 aromatic rings. The van der Waals surface area contributed by atoms with Crippen molar-refractivity contribution in [3.8, 4) is 0 Å². The molecular formula is C12H19NO3. The lowest BCUT2D eigenvalue weighted by molar-refractivity contribution is -0.129. The van der Waals surface area contributed by atoms with Crippen LogP contribution < -0.4 is 0 Å². The van der Waals surface area contributed by atoms with Crippen LogP contribution in [0.25, 0.3) is 0 Å². The summed E-state index contributed by atoms with van der Waals surface area (Å²) in [5.74, 6) is 0.365. The molecule has 4 nitrogen and oxygen atoms in total. The van der Waals surface area contributed by atoms with Gasteiger partial charge in [-0.05, 0) is 6.42 Å². The minimum Gasteiger partial charge on any atom is -0.342 e. The van der Waals surface area contributed by atoms with Gasteiger partial charge < -0.3 is 4.90 Å². The summed E-state index contributed by atoms with van der Waals surface area (Å²) < 4.78 is 0. The maximum Gasteiger partial charge on any atom is 0.222 e. The van der Waals surface area contributed by atoms with Crippen molar-refractivity contribution in [3.63, 3.8) is 0 Å². The van der Waals surface area contributed by atoms with Crippen LogP contribution in [-0.2, 0) is 14.4 Å². The Morgan fingerprint density at radius 3 is 2.44 bits per heavy atom. The van der Waals surface area contributed by atoms with Gasteiger partial charge in [0.25, 0.3) is 0 Å². The number of hydrogen-bond donors (Lipinski definition) is 0. The molecule has 1 aliphatic heterocycles. The Morgan fingerprint density at radius 2 is 1.88 bits per heavy atom. The number of nitrogens with zero attached hydrogens (tertiary/aromatic N) is 1.